The normalized spacial score (nSPS) is 17.0. The van der Waals surface area contributed by atoms with Gasteiger partial charge in [-0.25, -0.2) is 4.79 Å². The molecule has 0 aromatic heterocycles. The Morgan fingerprint density at radius 1 is 1.83 bits per heavy atom. The second-order valence-electron chi connectivity index (χ2n) is 0.714. The summed E-state index contributed by atoms with van der Waals surface area (Å²) < 4.78 is 0. The highest BCUT2D eigenvalue weighted by molar-refractivity contribution is 5.84. The van der Waals surface area contributed by atoms with Crippen molar-refractivity contribution in [3.8, 4) is 0 Å². The van der Waals surface area contributed by atoms with Crippen LogP contribution in [0.2, 0.25) is 0 Å². The van der Waals surface area contributed by atoms with Crippen molar-refractivity contribution < 1.29 is 9.63 Å². The van der Waals surface area contributed by atoms with Crippen LogP contribution in [-0.4, -0.2) is 12.4 Å². The molecule has 31 valence electrons. The molecule has 0 saturated carbocycles. The van der Waals surface area contributed by atoms with Gasteiger partial charge in [-0.2, -0.15) is 4.99 Å². The van der Waals surface area contributed by atoms with Gasteiger partial charge in [0.2, 0.25) is 6.40 Å². The van der Waals surface area contributed by atoms with E-state index < -0.39 is 6.03 Å². The monoisotopic (exact) mass is 85.0 g/mol. The fourth-order valence-electron chi connectivity index (χ4n) is 0.161. The Morgan fingerprint density at radius 3 is 2.83 bits per heavy atom. The summed E-state index contributed by atoms with van der Waals surface area (Å²) in [4.78, 5) is 16.9. The average Bonchev–Trinajstić information content (AvgIpc) is 1.86. The summed E-state index contributed by atoms with van der Waals surface area (Å²) in [6, 6.07) is -0.574. The zero-order valence-corrected chi connectivity index (χ0v) is 2.79. The number of urea groups is 1. The van der Waals surface area contributed by atoms with Gasteiger partial charge < -0.3 is 4.84 Å². The summed E-state index contributed by atoms with van der Waals surface area (Å²) in [7, 11) is 0. The predicted molar refractivity (Wildman–Crippen MR) is 17.1 cm³/mol. The smallest absolute Gasteiger partial charge is 0.339 e. The fourth-order valence-corrected chi connectivity index (χ4v) is 0.161. The Hall–Kier alpha value is -1.06. The maximum atomic E-state index is 9.75. The minimum Gasteiger partial charge on any atom is -0.339 e. The number of nitrogens with zero attached hydrogens (tertiary/aromatic N) is 2. The van der Waals surface area contributed by atoms with Crippen molar-refractivity contribution in [2.75, 3.05) is 0 Å². The van der Waals surface area contributed by atoms with Crippen molar-refractivity contribution in [2.45, 2.75) is 0 Å². The van der Waals surface area contributed by atoms with Gasteiger partial charge in [-0.15, -0.1) is 0 Å². The van der Waals surface area contributed by atoms with Crippen LogP contribution >= 0.6 is 0 Å². The van der Waals surface area contributed by atoms with E-state index in [4.69, 9.17) is 0 Å². The molecular weight excluding hydrogens is 84.0 g/mol. The van der Waals surface area contributed by atoms with E-state index in [1.165, 1.54) is 0 Å². The van der Waals surface area contributed by atoms with Gasteiger partial charge in [0.25, 0.3) is 0 Å². The van der Waals surface area contributed by atoms with Gasteiger partial charge in [-0.05, 0) is 5.48 Å². The van der Waals surface area contributed by atoms with Gasteiger partial charge in [0.1, 0.15) is 0 Å². The standard InChI is InChI=1S/C2HN2O2/c5-2-3-1-6-4-2/h1H. The van der Waals surface area contributed by atoms with Crippen LogP contribution in [0.5, 0.6) is 0 Å². The molecule has 1 heterocycles. The van der Waals surface area contributed by atoms with E-state index in [1.54, 1.807) is 0 Å². The topological polar surface area (TPSA) is 52.8 Å². The van der Waals surface area contributed by atoms with Crippen LogP contribution in [0.15, 0.2) is 4.99 Å². The first-order valence-electron chi connectivity index (χ1n) is 1.33. The van der Waals surface area contributed by atoms with E-state index >= 15 is 0 Å². The third kappa shape index (κ3) is 0.314. The van der Waals surface area contributed by atoms with Crippen LogP contribution in [0.4, 0.5) is 4.79 Å². The van der Waals surface area contributed by atoms with Gasteiger partial charge in [0.15, 0.2) is 0 Å². The quantitative estimate of drug-likeness (QED) is 0.405. The molecule has 4 heteroatoms. The SMILES string of the molecule is O=C1[N]OC=N1. The molecule has 0 spiro atoms. The molecule has 0 N–H and O–H groups in total. The maximum Gasteiger partial charge on any atom is 0.402 e. The zero-order valence-electron chi connectivity index (χ0n) is 2.79. The van der Waals surface area contributed by atoms with Crippen molar-refractivity contribution in [1.82, 2.24) is 5.48 Å². The molecule has 0 saturated heterocycles. The van der Waals surface area contributed by atoms with Crippen LogP contribution < -0.4 is 5.48 Å². The molecule has 0 bridgehead atoms. The summed E-state index contributed by atoms with van der Waals surface area (Å²) in [5.74, 6) is 0. The highest BCUT2D eigenvalue weighted by atomic mass is 16.7. The highest BCUT2D eigenvalue weighted by Gasteiger charge is 2.03. The molecule has 1 aliphatic heterocycles. The Bertz CT molecular complexity index is 97.7. The number of carbonyl (C=O) groups excluding carboxylic acids is 1. The van der Waals surface area contributed by atoms with Crippen molar-refractivity contribution in [2.24, 2.45) is 4.99 Å². The molecule has 2 amide bonds. The predicted octanol–water partition coefficient (Wildman–Crippen LogP) is -0.316. The summed E-state index contributed by atoms with van der Waals surface area (Å²) >= 11 is 0. The van der Waals surface area contributed by atoms with E-state index in [0.29, 0.717) is 0 Å². The highest BCUT2D eigenvalue weighted by Crippen LogP contribution is 1.81. The number of hydrogen-bond donors (Lipinski definition) is 0. The number of aliphatic imine (C=N–C) groups is 1. The molecule has 6 heavy (non-hydrogen) atoms. The van der Waals surface area contributed by atoms with Crippen molar-refractivity contribution in [3.63, 3.8) is 0 Å². The third-order valence-electron chi connectivity index (χ3n) is 0.341. The average molecular weight is 85.0 g/mol. The van der Waals surface area contributed by atoms with Crippen molar-refractivity contribution >= 4 is 12.4 Å². The van der Waals surface area contributed by atoms with Crippen LogP contribution in [0.3, 0.4) is 0 Å². The van der Waals surface area contributed by atoms with E-state index in [1.807, 2.05) is 0 Å². The number of hydrogen-bond acceptors (Lipinski definition) is 2. The van der Waals surface area contributed by atoms with Gasteiger partial charge in [-0.1, -0.05) is 0 Å². The minimum absolute atomic E-state index is 0.574. The molecule has 0 aromatic rings. The molecule has 0 aliphatic carbocycles. The summed E-state index contributed by atoms with van der Waals surface area (Å²) in [5, 5.41) is 0. The molecule has 0 unspecified atom stereocenters. The van der Waals surface area contributed by atoms with Crippen molar-refractivity contribution in [1.29, 1.82) is 0 Å². The lowest BCUT2D eigenvalue weighted by atomic mass is 11.1. The molecule has 0 aromatic carbocycles. The lowest BCUT2D eigenvalue weighted by Gasteiger charge is -1.73. The minimum atomic E-state index is -0.574. The van der Waals surface area contributed by atoms with Crippen molar-refractivity contribution in [3.05, 3.63) is 0 Å². The van der Waals surface area contributed by atoms with E-state index in [0.717, 1.165) is 6.40 Å². The molecule has 1 aliphatic rings. The number of hydroxylamine groups is 1. The molecule has 4 nitrogen and oxygen atoms in total. The molecule has 1 rings (SSSR count). The fraction of sp³-hybridized carbons (Fsp3) is 0. The molecule has 0 atom stereocenters. The largest absolute Gasteiger partial charge is 0.402 e. The lowest BCUT2D eigenvalue weighted by molar-refractivity contribution is 0.194. The number of carbonyl (C=O) groups is 1. The summed E-state index contributed by atoms with van der Waals surface area (Å²) in [6.45, 7) is 0. The van der Waals surface area contributed by atoms with Gasteiger partial charge in [0.05, 0.1) is 0 Å². The second-order valence-corrected chi connectivity index (χ2v) is 0.714. The van der Waals surface area contributed by atoms with Crippen LogP contribution in [-0.2, 0) is 4.84 Å². The molecule has 1 radical (unpaired) electrons. The van der Waals surface area contributed by atoms with E-state index in [-0.39, 0.29) is 0 Å². The Morgan fingerprint density at radius 2 is 2.67 bits per heavy atom. The van der Waals surface area contributed by atoms with Gasteiger partial charge in [0, 0.05) is 0 Å². The van der Waals surface area contributed by atoms with Crippen LogP contribution in [0, 0.1) is 0 Å². The second kappa shape index (κ2) is 0.965. The Balaban J connectivity index is 2.59. The van der Waals surface area contributed by atoms with Crippen LogP contribution in [0.1, 0.15) is 0 Å². The number of amides is 2. The first-order valence-corrected chi connectivity index (χ1v) is 1.33. The molecule has 0 fully saturated rings. The van der Waals surface area contributed by atoms with E-state index in [2.05, 4.69) is 15.3 Å². The molecular formula is C2HN2O2. The van der Waals surface area contributed by atoms with Crippen LogP contribution in [0.25, 0.3) is 0 Å². The summed E-state index contributed by atoms with van der Waals surface area (Å²) in [6.07, 6.45) is 0.988. The first kappa shape index (κ1) is 3.14. The maximum absolute atomic E-state index is 9.75. The summed E-state index contributed by atoms with van der Waals surface area (Å²) in [5.41, 5.74) is 2.88. The van der Waals surface area contributed by atoms with Gasteiger partial charge >= 0.3 is 6.03 Å². The van der Waals surface area contributed by atoms with E-state index in [9.17, 15) is 4.79 Å². The Kier molecular flexibility index (Phi) is 0.506. The Labute approximate surface area is 33.8 Å². The third-order valence-corrected chi connectivity index (χ3v) is 0.341. The first-order chi connectivity index (χ1) is 2.89. The van der Waals surface area contributed by atoms with Gasteiger partial charge in [-0.3, -0.25) is 0 Å². The zero-order chi connectivity index (χ0) is 4.41. The number of rotatable bonds is 0. The lowest BCUT2D eigenvalue weighted by Crippen LogP contribution is -2.00.